The van der Waals surface area contributed by atoms with E-state index in [2.05, 4.69) is 6.07 Å². The maximum absolute atomic E-state index is 12.5. The average molecular weight is 405 g/mol. The van der Waals surface area contributed by atoms with E-state index >= 15 is 0 Å². The van der Waals surface area contributed by atoms with Crippen LogP contribution in [0.1, 0.15) is 131 Å². The van der Waals surface area contributed by atoms with E-state index in [1.807, 2.05) is 6.07 Å². The fourth-order valence-corrected chi connectivity index (χ4v) is 6.98. The monoisotopic (exact) mass is 404 g/mol. The lowest BCUT2D eigenvalue weighted by atomic mass is 9.74. The fraction of sp³-hybridized carbons (Fsp3) is 0.750. The van der Waals surface area contributed by atoms with Crippen LogP contribution in [-0.2, 0) is 10.1 Å². The molecule has 28 heavy (non-hydrogen) atoms. The Morgan fingerprint density at radius 1 is 0.643 bits per heavy atom. The molecule has 0 atom stereocenters. The molecule has 0 aromatic heterocycles. The molecule has 4 heteroatoms. The van der Waals surface area contributed by atoms with Gasteiger partial charge in [-0.25, -0.2) is 0 Å². The number of hydrogen-bond donors (Lipinski definition) is 1. The molecule has 0 aliphatic heterocycles. The van der Waals surface area contributed by atoms with Gasteiger partial charge >= 0.3 is 0 Å². The molecule has 0 spiro atoms. The molecule has 1 aromatic rings. The Bertz CT molecular complexity index is 765. The van der Waals surface area contributed by atoms with Gasteiger partial charge in [0.25, 0.3) is 10.1 Å². The zero-order valence-electron chi connectivity index (χ0n) is 17.2. The first-order valence-electron chi connectivity index (χ1n) is 11.7. The summed E-state index contributed by atoms with van der Waals surface area (Å²) in [5, 5.41) is 0. The summed E-state index contributed by atoms with van der Waals surface area (Å²) in [5.41, 5.74) is 3.45. The quantitative estimate of drug-likeness (QED) is 0.546. The van der Waals surface area contributed by atoms with E-state index in [-0.39, 0.29) is 4.90 Å². The average Bonchev–Trinajstić information content (AvgIpc) is 2.74. The van der Waals surface area contributed by atoms with Gasteiger partial charge in [0.05, 0.1) is 4.90 Å². The number of hydrogen-bond acceptors (Lipinski definition) is 2. The van der Waals surface area contributed by atoms with Gasteiger partial charge in [0.2, 0.25) is 0 Å². The third kappa shape index (κ3) is 4.48. The normalized spacial score (nSPS) is 23.8. The van der Waals surface area contributed by atoms with Gasteiger partial charge in [0, 0.05) is 0 Å². The molecule has 0 bridgehead atoms. The third-order valence-electron chi connectivity index (χ3n) is 7.61. The highest BCUT2D eigenvalue weighted by Gasteiger charge is 2.32. The standard InChI is InChI=1S/C24H36O3S/c25-28(26,27)23-17-21(18-10-4-1-5-11-18)16-22(19-12-6-2-7-13-19)24(23)20-14-8-3-9-15-20/h16-20H,1-15H2,(H,25,26,27). The van der Waals surface area contributed by atoms with Crippen LogP contribution in [0.25, 0.3) is 0 Å². The van der Waals surface area contributed by atoms with Gasteiger partial charge in [0.15, 0.2) is 0 Å². The van der Waals surface area contributed by atoms with E-state index in [1.54, 1.807) is 0 Å². The van der Waals surface area contributed by atoms with E-state index in [9.17, 15) is 13.0 Å². The van der Waals surface area contributed by atoms with Crippen molar-refractivity contribution in [3.8, 4) is 0 Å². The zero-order chi connectivity index (χ0) is 19.6. The minimum atomic E-state index is -4.21. The van der Waals surface area contributed by atoms with Crippen molar-refractivity contribution in [1.82, 2.24) is 0 Å². The molecule has 1 aromatic carbocycles. The van der Waals surface area contributed by atoms with Crippen molar-refractivity contribution in [2.45, 2.75) is 119 Å². The first-order valence-corrected chi connectivity index (χ1v) is 13.1. The largest absolute Gasteiger partial charge is 0.294 e. The first kappa shape index (κ1) is 20.4. The van der Waals surface area contributed by atoms with Gasteiger partial charge in [0.1, 0.15) is 0 Å². The van der Waals surface area contributed by atoms with Crippen LogP contribution in [0.3, 0.4) is 0 Å². The zero-order valence-corrected chi connectivity index (χ0v) is 18.0. The van der Waals surface area contributed by atoms with Crippen LogP contribution >= 0.6 is 0 Å². The van der Waals surface area contributed by atoms with Crippen molar-refractivity contribution in [2.24, 2.45) is 0 Å². The van der Waals surface area contributed by atoms with Gasteiger partial charge in [-0.2, -0.15) is 8.42 Å². The van der Waals surface area contributed by atoms with Gasteiger partial charge in [-0.15, -0.1) is 0 Å². The molecule has 4 rings (SSSR count). The van der Waals surface area contributed by atoms with Gasteiger partial charge < -0.3 is 0 Å². The molecule has 156 valence electrons. The fourth-order valence-electron chi connectivity index (χ4n) is 6.13. The lowest BCUT2D eigenvalue weighted by Crippen LogP contribution is -2.18. The second-order valence-electron chi connectivity index (χ2n) is 9.50. The van der Waals surface area contributed by atoms with Crippen LogP contribution in [-0.4, -0.2) is 13.0 Å². The number of benzene rings is 1. The molecule has 3 aliphatic rings. The number of rotatable bonds is 4. The summed E-state index contributed by atoms with van der Waals surface area (Å²) in [5.74, 6) is 1.22. The van der Waals surface area contributed by atoms with Crippen LogP contribution in [0.5, 0.6) is 0 Å². The van der Waals surface area contributed by atoms with Crippen molar-refractivity contribution in [1.29, 1.82) is 0 Å². The summed E-state index contributed by atoms with van der Waals surface area (Å²) in [4.78, 5) is 0.253. The molecular formula is C24H36O3S. The van der Waals surface area contributed by atoms with Gasteiger partial charge in [-0.1, -0.05) is 63.9 Å². The molecule has 0 saturated heterocycles. The Morgan fingerprint density at radius 3 is 1.61 bits per heavy atom. The molecule has 3 fully saturated rings. The second-order valence-corrected chi connectivity index (χ2v) is 10.9. The smallest absolute Gasteiger partial charge is 0.282 e. The van der Waals surface area contributed by atoms with Crippen LogP contribution in [0.15, 0.2) is 17.0 Å². The molecule has 3 aliphatic carbocycles. The minimum absolute atomic E-state index is 0.253. The molecule has 1 N–H and O–H groups in total. The Balaban J connectivity index is 1.84. The summed E-state index contributed by atoms with van der Waals surface area (Å²) in [6.45, 7) is 0. The van der Waals surface area contributed by atoms with Crippen LogP contribution in [0, 0.1) is 0 Å². The van der Waals surface area contributed by atoms with Crippen LogP contribution < -0.4 is 0 Å². The highest BCUT2D eigenvalue weighted by molar-refractivity contribution is 7.85. The Kier molecular flexibility index (Phi) is 6.46. The molecule has 3 nitrogen and oxygen atoms in total. The summed E-state index contributed by atoms with van der Waals surface area (Å²) in [6.07, 6.45) is 17.9. The lowest BCUT2D eigenvalue weighted by molar-refractivity contribution is 0.408. The summed E-state index contributed by atoms with van der Waals surface area (Å²) < 4.78 is 35.3. The Morgan fingerprint density at radius 2 is 1.11 bits per heavy atom. The molecule has 0 heterocycles. The summed E-state index contributed by atoms with van der Waals surface area (Å²) in [7, 11) is -4.21. The van der Waals surface area contributed by atoms with E-state index in [1.165, 1.54) is 81.8 Å². The van der Waals surface area contributed by atoms with Gasteiger partial charge in [-0.3, -0.25) is 4.55 Å². The molecule has 0 radical (unpaired) electrons. The van der Waals surface area contributed by atoms with Crippen LogP contribution in [0.2, 0.25) is 0 Å². The molecule has 3 saturated carbocycles. The van der Waals surface area contributed by atoms with E-state index in [4.69, 9.17) is 0 Å². The minimum Gasteiger partial charge on any atom is -0.282 e. The van der Waals surface area contributed by atoms with Crippen molar-refractivity contribution in [3.05, 3.63) is 28.8 Å². The molecule has 0 unspecified atom stereocenters. The predicted molar refractivity (Wildman–Crippen MR) is 114 cm³/mol. The SMILES string of the molecule is O=S(=O)(O)c1cc(C2CCCCC2)cc(C2CCCCC2)c1C1CCCCC1. The maximum atomic E-state index is 12.5. The topological polar surface area (TPSA) is 54.4 Å². The van der Waals surface area contributed by atoms with Crippen molar-refractivity contribution in [2.75, 3.05) is 0 Å². The third-order valence-corrected chi connectivity index (χ3v) is 8.50. The van der Waals surface area contributed by atoms with Crippen molar-refractivity contribution >= 4 is 10.1 Å². The molecule has 0 amide bonds. The van der Waals surface area contributed by atoms with Crippen LogP contribution in [0.4, 0.5) is 0 Å². The Labute approximate surface area is 171 Å². The van der Waals surface area contributed by atoms with Crippen molar-refractivity contribution in [3.63, 3.8) is 0 Å². The molecular weight excluding hydrogens is 368 g/mol. The van der Waals surface area contributed by atoms with E-state index < -0.39 is 10.1 Å². The van der Waals surface area contributed by atoms with E-state index in [0.717, 1.165) is 31.2 Å². The second kappa shape index (κ2) is 8.87. The first-order chi connectivity index (χ1) is 13.5. The van der Waals surface area contributed by atoms with E-state index in [0.29, 0.717) is 17.8 Å². The predicted octanol–water partition coefficient (Wildman–Crippen LogP) is 7.08. The van der Waals surface area contributed by atoms with Gasteiger partial charge in [-0.05, 0) is 79.0 Å². The van der Waals surface area contributed by atoms with Crippen molar-refractivity contribution < 1.29 is 13.0 Å². The highest BCUT2D eigenvalue weighted by Crippen LogP contribution is 2.46. The lowest BCUT2D eigenvalue weighted by Gasteiger charge is -2.33. The highest BCUT2D eigenvalue weighted by atomic mass is 32.2. The maximum Gasteiger partial charge on any atom is 0.294 e. The summed E-state index contributed by atoms with van der Waals surface area (Å²) in [6, 6.07) is 4.24. The summed E-state index contributed by atoms with van der Waals surface area (Å²) >= 11 is 0. The Hall–Kier alpha value is -0.870.